The Bertz CT molecular complexity index is 436. The van der Waals surface area contributed by atoms with E-state index in [0.29, 0.717) is 13.0 Å². The number of ether oxygens (including phenoxy) is 1. The molecule has 0 bridgehead atoms. The number of rotatable bonds is 3. The lowest BCUT2D eigenvalue weighted by molar-refractivity contribution is -0.141. The Labute approximate surface area is 112 Å². The molecule has 0 radical (unpaired) electrons. The lowest BCUT2D eigenvalue weighted by atomic mass is 10.1. The minimum Gasteiger partial charge on any atom is -0.469 e. The first-order valence-electron chi connectivity index (χ1n) is 6.42. The zero-order valence-corrected chi connectivity index (χ0v) is 11.2. The van der Waals surface area contributed by atoms with Crippen molar-refractivity contribution in [2.45, 2.75) is 25.4 Å². The van der Waals surface area contributed by atoms with Crippen LogP contribution in [0, 0.1) is 5.82 Å². The molecular formula is C14H19FN2O2. The van der Waals surface area contributed by atoms with Gasteiger partial charge in [-0.25, -0.2) is 4.39 Å². The Morgan fingerprint density at radius 2 is 2.11 bits per heavy atom. The van der Waals surface area contributed by atoms with E-state index in [2.05, 4.69) is 17.1 Å². The van der Waals surface area contributed by atoms with E-state index < -0.39 is 0 Å². The van der Waals surface area contributed by atoms with Gasteiger partial charge >= 0.3 is 5.97 Å². The maximum Gasteiger partial charge on any atom is 0.307 e. The molecule has 19 heavy (non-hydrogen) atoms. The summed E-state index contributed by atoms with van der Waals surface area (Å²) in [6.07, 6.45) is 0.346. The number of anilines is 1. The average molecular weight is 266 g/mol. The second-order valence-corrected chi connectivity index (χ2v) is 4.93. The number of nitrogens with one attached hydrogen (secondary N) is 1. The minimum atomic E-state index is -0.238. The zero-order chi connectivity index (χ0) is 13.8. The number of hydrogen-bond acceptors (Lipinski definition) is 4. The van der Waals surface area contributed by atoms with Crippen LogP contribution in [-0.4, -0.2) is 38.3 Å². The molecule has 1 aromatic carbocycles. The fourth-order valence-corrected chi connectivity index (χ4v) is 2.45. The molecular weight excluding hydrogens is 247 g/mol. The molecule has 0 aromatic heterocycles. The highest BCUT2D eigenvalue weighted by Gasteiger charge is 2.26. The van der Waals surface area contributed by atoms with Crippen molar-refractivity contribution in [3.63, 3.8) is 0 Å². The molecule has 1 N–H and O–H groups in total. The van der Waals surface area contributed by atoms with Gasteiger partial charge in [-0.1, -0.05) is 0 Å². The van der Waals surface area contributed by atoms with E-state index in [4.69, 9.17) is 4.74 Å². The first-order valence-corrected chi connectivity index (χ1v) is 6.42. The number of nitrogens with zero attached hydrogens (tertiary/aromatic N) is 1. The van der Waals surface area contributed by atoms with Crippen molar-refractivity contribution in [2.24, 2.45) is 0 Å². The number of benzene rings is 1. The highest BCUT2D eigenvalue weighted by molar-refractivity contribution is 5.70. The summed E-state index contributed by atoms with van der Waals surface area (Å²) in [7, 11) is 1.40. The Balaban J connectivity index is 2.05. The quantitative estimate of drug-likeness (QED) is 0.843. The van der Waals surface area contributed by atoms with Crippen molar-refractivity contribution < 1.29 is 13.9 Å². The van der Waals surface area contributed by atoms with Gasteiger partial charge in [0.1, 0.15) is 5.82 Å². The Hall–Kier alpha value is -1.62. The molecule has 2 rings (SSSR count). The van der Waals surface area contributed by atoms with Crippen LogP contribution in [0.15, 0.2) is 24.3 Å². The van der Waals surface area contributed by atoms with E-state index in [9.17, 15) is 9.18 Å². The third-order valence-electron chi connectivity index (χ3n) is 3.29. The van der Waals surface area contributed by atoms with Gasteiger partial charge in [0.05, 0.1) is 13.5 Å². The van der Waals surface area contributed by atoms with Crippen LogP contribution in [0.5, 0.6) is 0 Å². The summed E-state index contributed by atoms with van der Waals surface area (Å²) in [6, 6.07) is 6.77. The zero-order valence-electron chi connectivity index (χ0n) is 11.2. The topological polar surface area (TPSA) is 41.6 Å². The van der Waals surface area contributed by atoms with Crippen LogP contribution in [-0.2, 0) is 9.53 Å². The number of methoxy groups -OCH3 is 1. The van der Waals surface area contributed by atoms with Gasteiger partial charge in [0.2, 0.25) is 0 Å². The monoisotopic (exact) mass is 266 g/mol. The van der Waals surface area contributed by atoms with Gasteiger partial charge in [-0.15, -0.1) is 0 Å². The predicted octanol–water partition coefficient (Wildman–Crippen LogP) is 1.56. The number of halogens is 1. The van der Waals surface area contributed by atoms with Crippen LogP contribution in [0.3, 0.4) is 0 Å². The molecule has 4 nitrogen and oxygen atoms in total. The summed E-state index contributed by atoms with van der Waals surface area (Å²) in [5, 5.41) is 3.38. The summed E-state index contributed by atoms with van der Waals surface area (Å²) < 4.78 is 17.6. The first-order chi connectivity index (χ1) is 9.08. The van der Waals surface area contributed by atoms with Crippen LogP contribution >= 0.6 is 0 Å². The van der Waals surface area contributed by atoms with E-state index in [1.165, 1.54) is 19.2 Å². The van der Waals surface area contributed by atoms with Gasteiger partial charge in [0, 0.05) is 30.9 Å². The largest absolute Gasteiger partial charge is 0.469 e. The second kappa shape index (κ2) is 6.02. The molecule has 1 aliphatic rings. The molecule has 104 valence electrons. The first kappa shape index (κ1) is 13.8. The number of carbonyl (C=O) groups excluding carboxylic acids is 1. The van der Waals surface area contributed by atoms with Crippen molar-refractivity contribution >= 4 is 11.7 Å². The summed E-state index contributed by atoms with van der Waals surface area (Å²) in [4.78, 5) is 13.5. The predicted molar refractivity (Wildman–Crippen MR) is 71.6 cm³/mol. The molecule has 5 heteroatoms. The summed E-state index contributed by atoms with van der Waals surface area (Å²) >= 11 is 0. The maximum absolute atomic E-state index is 12.9. The van der Waals surface area contributed by atoms with E-state index in [0.717, 1.165) is 12.2 Å². The standard InChI is InChI=1S/C14H19FN2O2/c1-10-8-17(13-5-3-11(15)4-6-13)9-12(16-10)7-14(18)19-2/h3-6,10,12,16H,7-9H2,1-2H3. The van der Waals surface area contributed by atoms with Crippen molar-refractivity contribution in [3.05, 3.63) is 30.1 Å². The number of esters is 1. The molecule has 1 fully saturated rings. The molecule has 1 aliphatic heterocycles. The van der Waals surface area contributed by atoms with Gasteiger partial charge in [-0.3, -0.25) is 4.79 Å². The molecule has 1 aromatic rings. The van der Waals surface area contributed by atoms with E-state index >= 15 is 0 Å². The lowest BCUT2D eigenvalue weighted by Crippen LogP contribution is -2.56. The number of piperazine rings is 1. The molecule has 2 atom stereocenters. The summed E-state index contributed by atoms with van der Waals surface area (Å²) in [6.45, 7) is 3.62. The average Bonchev–Trinajstić information content (AvgIpc) is 2.38. The van der Waals surface area contributed by atoms with Crippen molar-refractivity contribution in [3.8, 4) is 0 Å². The van der Waals surface area contributed by atoms with E-state index in [1.54, 1.807) is 12.1 Å². The minimum absolute atomic E-state index is 0.0567. The van der Waals surface area contributed by atoms with E-state index in [1.807, 2.05) is 0 Å². The van der Waals surface area contributed by atoms with Crippen LogP contribution < -0.4 is 10.2 Å². The third-order valence-corrected chi connectivity index (χ3v) is 3.29. The Morgan fingerprint density at radius 1 is 1.42 bits per heavy atom. The van der Waals surface area contributed by atoms with Crippen molar-refractivity contribution in [2.75, 3.05) is 25.1 Å². The number of hydrogen-bond donors (Lipinski definition) is 1. The molecule has 1 heterocycles. The van der Waals surface area contributed by atoms with Crippen LogP contribution in [0.1, 0.15) is 13.3 Å². The SMILES string of the molecule is COC(=O)CC1CN(c2ccc(F)cc2)CC(C)N1. The molecule has 0 amide bonds. The fourth-order valence-electron chi connectivity index (χ4n) is 2.45. The van der Waals surface area contributed by atoms with Gasteiger partial charge in [-0.05, 0) is 31.2 Å². The third kappa shape index (κ3) is 3.67. The highest BCUT2D eigenvalue weighted by atomic mass is 19.1. The van der Waals surface area contributed by atoms with Gasteiger partial charge in [0.25, 0.3) is 0 Å². The van der Waals surface area contributed by atoms with Crippen molar-refractivity contribution in [1.29, 1.82) is 0 Å². The highest BCUT2D eigenvalue weighted by Crippen LogP contribution is 2.19. The summed E-state index contributed by atoms with van der Waals surface area (Å²) in [5.74, 6) is -0.455. The Kier molecular flexibility index (Phi) is 4.37. The molecule has 2 unspecified atom stereocenters. The van der Waals surface area contributed by atoms with Gasteiger partial charge in [-0.2, -0.15) is 0 Å². The van der Waals surface area contributed by atoms with Crippen LogP contribution in [0.4, 0.5) is 10.1 Å². The van der Waals surface area contributed by atoms with Crippen LogP contribution in [0.25, 0.3) is 0 Å². The maximum atomic E-state index is 12.9. The van der Waals surface area contributed by atoms with Crippen molar-refractivity contribution in [1.82, 2.24) is 5.32 Å². The Morgan fingerprint density at radius 3 is 2.74 bits per heavy atom. The molecule has 0 aliphatic carbocycles. The smallest absolute Gasteiger partial charge is 0.307 e. The number of carbonyl (C=O) groups is 1. The molecule has 0 saturated carbocycles. The molecule has 0 spiro atoms. The fraction of sp³-hybridized carbons (Fsp3) is 0.500. The summed E-state index contributed by atoms with van der Waals surface area (Å²) in [5.41, 5.74) is 0.976. The van der Waals surface area contributed by atoms with Gasteiger partial charge in [0.15, 0.2) is 0 Å². The van der Waals surface area contributed by atoms with Crippen LogP contribution in [0.2, 0.25) is 0 Å². The molecule has 1 saturated heterocycles. The second-order valence-electron chi connectivity index (χ2n) is 4.93. The lowest BCUT2D eigenvalue weighted by Gasteiger charge is -2.38. The van der Waals surface area contributed by atoms with Gasteiger partial charge < -0.3 is 15.0 Å². The normalized spacial score (nSPS) is 23.2. The van der Waals surface area contributed by atoms with E-state index in [-0.39, 0.29) is 23.9 Å².